The maximum absolute atomic E-state index is 12.8. The number of rotatable bonds is 38. The molecular weight excluding hydrogens is 843 g/mol. The molecule has 0 heterocycles. The van der Waals surface area contributed by atoms with Crippen LogP contribution in [-0.2, 0) is 32.7 Å². The molecule has 1 aliphatic rings. The van der Waals surface area contributed by atoms with Crippen molar-refractivity contribution in [2.75, 3.05) is 13.2 Å². The number of carbonyl (C=O) groups excluding carboxylic acids is 2. The van der Waals surface area contributed by atoms with E-state index in [0.29, 0.717) is 32.1 Å². The fraction of sp³-hybridized carbons (Fsp3) is 0.714. The number of phosphoric ester groups is 1. The summed E-state index contributed by atoms with van der Waals surface area (Å²) in [7, 11) is -5.15. The monoisotopic (exact) mass is 927 g/mol. The van der Waals surface area contributed by atoms with Crippen molar-refractivity contribution in [2.45, 2.75) is 210 Å². The molecule has 0 amide bonds. The van der Waals surface area contributed by atoms with Crippen molar-refractivity contribution in [2.24, 2.45) is 0 Å². The Hall–Kier alpha value is -2.75. The molecule has 7 atom stereocenters. The smallest absolute Gasteiger partial charge is 0.462 e. The molecule has 0 aromatic heterocycles. The second-order valence-corrected chi connectivity index (χ2v) is 17.8. The summed E-state index contributed by atoms with van der Waals surface area (Å²) in [5.74, 6) is -1.23. The molecule has 0 aromatic rings. The highest BCUT2D eigenvalue weighted by Gasteiger charge is 2.51. The number of ether oxygens (including phenoxy) is 2. The molecule has 64 heavy (non-hydrogen) atoms. The molecule has 0 spiro atoms. The molecule has 1 aliphatic carbocycles. The zero-order valence-electron chi connectivity index (χ0n) is 38.7. The van der Waals surface area contributed by atoms with Crippen molar-refractivity contribution in [3.8, 4) is 0 Å². The summed E-state index contributed by atoms with van der Waals surface area (Å²) in [6.45, 7) is 3.06. The van der Waals surface area contributed by atoms with Crippen LogP contribution in [0.3, 0.4) is 0 Å². The quantitative estimate of drug-likeness (QED) is 0.0101. The van der Waals surface area contributed by atoms with Crippen LogP contribution in [-0.4, -0.2) is 110 Å². The topological polar surface area (TPSA) is 230 Å². The van der Waals surface area contributed by atoms with Crippen molar-refractivity contribution in [1.29, 1.82) is 0 Å². The minimum atomic E-state index is -5.15. The SMILES string of the molecule is CCC=CCC=CCC(O)C=CC=CCC=CCC=CCCC(=O)OC(COC(=O)CCCCCCCCCCCCCCCCC)COP(=O)(O)OC1C(O)C(O)C(O)C(O)C1O. The van der Waals surface area contributed by atoms with Crippen molar-refractivity contribution < 1.29 is 68.2 Å². The van der Waals surface area contributed by atoms with Gasteiger partial charge in [-0.2, -0.15) is 0 Å². The van der Waals surface area contributed by atoms with Gasteiger partial charge in [0.05, 0.1) is 12.7 Å². The number of allylic oxidation sites excluding steroid dienone is 10. The number of hydrogen-bond acceptors (Lipinski definition) is 13. The van der Waals surface area contributed by atoms with E-state index in [2.05, 4.69) is 26.0 Å². The summed E-state index contributed by atoms with van der Waals surface area (Å²) in [6.07, 6.45) is 31.3. The van der Waals surface area contributed by atoms with Gasteiger partial charge in [0.25, 0.3) is 0 Å². The molecule has 0 aromatic carbocycles. The van der Waals surface area contributed by atoms with Crippen LogP contribution in [0.4, 0.5) is 0 Å². The summed E-state index contributed by atoms with van der Waals surface area (Å²) in [4.78, 5) is 35.7. The van der Waals surface area contributed by atoms with Gasteiger partial charge < -0.3 is 45.0 Å². The van der Waals surface area contributed by atoms with E-state index in [-0.39, 0.29) is 12.8 Å². The number of hydrogen-bond donors (Lipinski definition) is 7. The van der Waals surface area contributed by atoms with E-state index in [9.17, 15) is 49.7 Å². The van der Waals surface area contributed by atoms with Crippen LogP contribution in [0, 0.1) is 0 Å². The lowest BCUT2D eigenvalue weighted by atomic mass is 9.85. The minimum absolute atomic E-state index is 0.0533. The molecule has 1 rings (SSSR count). The molecule has 0 radical (unpaired) electrons. The number of aliphatic hydroxyl groups is 6. The van der Waals surface area contributed by atoms with Gasteiger partial charge in [0.15, 0.2) is 6.10 Å². The lowest BCUT2D eigenvalue weighted by Gasteiger charge is -2.41. The highest BCUT2D eigenvalue weighted by molar-refractivity contribution is 7.47. The van der Waals surface area contributed by atoms with Gasteiger partial charge in [-0.15, -0.1) is 0 Å². The molecular formula is C49H83O14P. The average molecular weight is 927 g/mol. The third-order valence-corrected chi connectivity index (χ3v) is 11.6. The first-order valence-electron chi connectivity index (χ1n) is 23.8. The standard InChI is InChI=1S/C49H83O14P/c1-3-5-7-9-11-12-13-14-15-16-17-21-24-28-32-36-42(51)60-38-41(39-61-64(58,59)63-49-47(56)45(54)44(53)46(55)48(49)57)62-43(52)37-33-29-25-22-19-18-20-23-27-31-35-40(50)34-30-26-10-8-6-4-2/h6,8,18-19,23,25-27,29-31,35,40-41,44-50,53-57H,3-5,7,9-17,20-22,24,28,32-34,36-39H2,1-2H3,(H,58,59). The van der Waals surface area contributed by atoms with Crippen molar-refractivity contribution >= 4 is 19.8 Å². The van der Waals surface area contributed by atoms with Crippen LogP contribution in [0.2, 0.25) is 0 Å². The van der Waals surface area contributed by atoms with E-state index in [0.717, 1.165) is 32.1 Å². The third-order valence-electron chi connectivity index (χ3n) is 10.7. The second kappa shape index (κ2) is 38.4. The first-order chi connectivity index (χ1) is 30.8. The highest BCUT2D eigenvalue weighted by atomic mass is 31.2. The van der Waals surface area contributed by atoms with Crippen LogP contribution >= 0.6 is 7.82 Å². The molecule has 15 heteroatoms. The summed E-state index contributed by atoms with van der Waals surface area (Å²) in [5, 5.41) is 60.2. The van der Waals surface area contributed by atoms with E-state index < -0.39 is 81.8 Å². The van der Waals surface area contributed by atoms with Gasteiger partial charge in [0, 0.05) is 12.8 Å². The maximum atomic E-state index is 12.8. The van der Waals surface area contributed by atoms with Gasteiger partial charge in [0.1, 0.15) is 43.2 Å². The lowest BCUT2D eigenvalue weighted by Crippen LogP contribution is -2.64. The van der Waals surface area contributed by atoms with Crippen LogP contribution in [0.25, 0.3) is 0 Å². The molecule has 0 saturated heterocycles. The zero-order chi connectivity index (χ0) is 47.3. The van der Waals surface area contributed by atoms with Gasteiger partial charge in [-0.3, -0.25) is 18.6 Å². The Bertz CT molecular complexity index is 1410. The summed E-state index contributed by atoms with van der Waals surface area (Å²) in [5.41, 5.74) is 0. The van der Waals surface area contributed by atoms with Crippen LogP contribution in [0.1, 0.15) is 162 Å². The number of phosphoric acid groups is 1. The van der Waals surface area contributed by atoms with Crippen LogP contribution in [0.5, 0.6) is 0 Å². The van der Waals surface area contributed by atoms with Gasteiger partial charge in [0.2, 0.25) is 0 Å². The second-order valence-electron chi connectivity index (χ2n) is 16.4. The molecule has 1 fully saturated rings. The number of aliphatic hydroxyl groups excluding tert-OH is 6. The van der Waals surface area contributed by atoms with E-state index in [4.69, 9.17) is 18.5 Å². The first kappa shape index (κ1) is 59.3. The Labute approximate surface area is 383 Å². The number of unbranched alkanes of at least 4 members (excludes halogenated alkanes) is 14. The van der Waals surface area contributed by atoms with E-state index in [1.165, 1.54) is 70.6 Å². The van der Waals surface area contributed by atoms with Crippen LogP contribution < -0.4 is 0 Å². The maximum Gasteiger partial charge on any atom is 0.472 e. The Morgan fingerprint density at radius 3 is 1.66 bits per heavy atom. The molecule has 368 valence electrons. The molecule has 0 aliphatic heterocycles. The predicted molar refractivity (Wildman–Crippen MR) is 250 cm³/mol. The zero-order valence-corrected chi connectivity index (χ0v) is 39.6. The molecule has 0 bridgehead atoms. The summed E-state index contributed by atoms with van der Waals surface area (Å²) >= 11 is 0. The van der Waals surface area contributed by atoms with Crippen molar-refractivity contribution in [1.82, 2.24) is 0 Å². The molecule has 14 nitrogen and oxygen atoms in total. The van der Waals surface area contributed by atoms with Crippen molar-refractivity contribution in [3.63, 3.8) is 0 Å². The van der Waals surface area contributed by atoms with Crippen molar-refractivity contribution in [3.05, 3.63) is 72.9 Å². The fourth-order valence-corrected chi connectivity index (χ4v) is 7.78. The highest BCUT2D eigenvalue weighted by Crippen LogP contribution is 2.47. The summed E-state index contributed by atoms with van der Waals surface area (Å²) in [6, 6.07) is 0. The van der Waals surface area contributed by atoms with E-state index in [1.54, 1.807) is 12.2 Å². The largest absolute Gasteiger partial charge is 0.472 e. The van der Waals surface area contributed by atoms with E-state index in [1.807, 2.05) is 48.6 Å². The number of carbonyl (C=O) groups is 2. The normalized spacial score (nSPS) is 22.7. The van der Waals surface area contributed by atoms with Gasteiger partial charge in [-0.05, 0) is 44.9 Å². The molecule has 7 unspecified atom stereocenters. The number of esters is 2. The van der Waals surface area contributed by atoms with Gasteiger partial charge in [-0.1, -0.05) is 177 Å². The van der Waals surface area contributed by atoms with E-state index >= 15 is 0 Å². The minimum Gasteiger partial charge on any atom is -0.462 e. The van der Waals surface area contributed by atoms with Crippen LogP contribution in [0.15, 0.2) is 72.9 Å². The summed E-state index contributed by atoms with van der Waals surface area (Å²) < 4.78 is 33.4. The molecule has 7 N–H and O–H groups in total. The molecule has 1 saturated carbocycles. The Balaban J connectivity index is 2.53. The third kappa shape index (κ3) is 30.5. The Kier molecular flexibility index (Phi) is 35.5. The van der Waals surface area contributed by atoms with Gasteiger partial charge in [-0.25, -0.2) is 4.57 Å². The Morgan fingerprint density at radius 1 is 0.578 bits per heavy atom. The first-order valence-corrected chi connectivity index (χ1v) is 25.3. The fourth-order valence-electron chi connectivity index (χ4n) is 6.81. The Morgan fingerprint density at radius 2 is 1.08 bits per heavy atom. The predicted octanol–water partition coefficient (Wildman–Crippen LogP) is 8.47. The lowest BCUT2D eigenvalue weighted by molar-refractivity contribution is -0.220. The van der Waals surface area contributed by atoms with Gasteiger partial charge >= 0.3 is 19.8 Å². The average Bonchev–Trinajstić information content (AvgIpc) is 3.27.